The second-order valence-corrected chi connectivity index (χ2v) is 6.44. The molecule has 0 N–H and O–H groups in total. The van der Waals surface area contributed by atoms with Gasteiger partial charge in [-0.05, 0) is 30.0 Å². The smallest absolute Gasteiger partial charge is 0.227 e. The summed E-state index contributed by atoms with van der Waals surface area (Å²) in [5.74, 6) is 0.831. The summed E-state index contributed by atoms with van der Waals surface area (Å²) in [5.41, 5.74) is 1.07. The molecule has 1 aliphatic rings. The SMILES string of the molecule is CC1CCN(C(=O)Cc2cccc(Br)c2)C1CBr. The number of benzene rings is 1. The molecule has 0 radical (unpaired) electrons. The van der Waals surface area contributed by atoms with Crippen LogP contribution in [0.2, 0.25) is 0 Å². The van der Waals surface area contributed by atoms with Gasteiger partial charge in [-0.3, -0.25) is 4.79 Å². The van der Waals surface area contributed by atoms with Crippen molar-refractivity contribution in [3.05, 3.63) is 34.3 Å². The lowest BCUT2D eigenvalue weighted by atomic mass is 10.0. The zero-order chi connectivity index (χ0) is 13.1. The predicted molar refractivity (Wildman–Crippen MR) is 80.9 cm³/mol. The first-order valence-electron chi connectivity index (χ1n) is 6.21. The maximum atomic E-state index is 12.3. The van der Waals surface area contributed by atoms with Crippen LogP contribution in [0.15, 0.2) is 28.7 Å². The molecule has 1 heterocycles. The first kappa shape index (κ1) is 14.1. The van der Waals surface area contributed by atoms with Gasteiger partial charge >= 0.3 is 0 Å². The third-order valence-corrected chi connectivity index (χ3v) is 4.76. The first-order chi connectivity index (χ1) is 8.61. The van der Waals surface area contributed by atoms with Gasteiger partial charge in [0.1, 0.15) is 0 Å². The third kappa shape index (κ3) is 3.15. The second-order valence-electron chi connectivity index (χ2n) is 4.88. The zero-order valence-electron chi connectivity index (χ0n) is 10.4. The van der Waals surface area contributed by atoms with Gasteiger partial charge in [-0.15, -0.1) is 0 Å². The molecule has 98 valence electrons. The fourth-order valence-electron chi connectivity index (χ4n) is 2.48. The standard InChI is InChI=1S/C14H17Br2NO/c1-10-5-6-17(13(10)9-15)14(18)8-11-3-2-4-12(16)7-11/h2-4,7,10,13H,5-6,8-9H2,1H3. The quantitative estimate of drug-likeness (QED) is 0.740. The van der Waals surface area contributed by atoms with Crippen molar-refractivity contribution in [2.45, 2.75) is 25.8 Å². The minimum absolute atomic E-state index is 0.238. The lowest BCUT2D eigenvalue weighted by molar-refractivity contribution is -0.131. The first-order valence-corrected chi connectivity index (χ1v) is 8.13. The van der Waals surface area contributed by atoms with E-state index in [4.69, 9.17) is 0 Å². The van der Waals surface area contributed by atoms with E-state index in [2.05, 4.69) is 38.8 Å². The largest absolute Gasteiger partial charge is 0.338 e. The third-order valence-electron chi connectivity index (χ3n) is 3.61. The molecule has 1 aromatic rings. The molecule has 1 saturated heterocycles. The van der Waals surface area contributed by atoms with E-state index in [0.717, 1.165) is 28.3 Å². The van der Waals surface area contributed by atoms with Crippen molar-refractivity contribution in [2.24, 2.45) is 5.92 Å². The molecule has 2 nitrogen and oxygen atoms in total. The Labute approximate surface area is 125 Å². The lowest BCUT2D eigenvalue weighted by Crippen LogP contribution is -2.39. The van der Waals surface area contributed by atoms with E-state index in [0.29, 0.717) is 18.4 Å². The van der Waals surface area contributed by atoms with E-state index in [9.17, 15) is 4.79 Å². The van der Waals surface area contributed by atoms with Crippen LogP contribution in [0.5, 0.6) is 0 Å². The van der Waals surface area contributed by atoms with E-state index >= 15 is 0 Å². The van der Waals surface area contributed by atoms with Crippen LogP contribution in [0.1, 0.15) is 18.9 Å². The van der Waals surface area contributed by atoms with Crippen LogP contribution in [-0.2, 0) is 11.2 Å². The van der Waals surface area contributed by atoms with Crippen LogP contribution in [-0.4, -0.2) is 28.7 Å². The molecule has 2 rings (SSSR count). The fourth-order valence-corrected chi connectivity index (χ4v) is 3.91. The maximum Gasteiger partial charge on any atom is 0.227 e. The molecule has 1 aromatic carbocycles. The predicted octanol–water partition coefficient (Wildman–Crippen LogP) is 3.62. The maximum absolute atomic E-state index is 12.3. The molecule has 0 saturated carbocycles. The number of rotatable bonds is 3. The van der Waals surface area contributed by atoms with Crippen LogP contribution in [0, 0.1) is 5.92 Å². The highest BCUT2D eigenvalue weighted by atomic mass is 79.9. The lowest BCUT2D eigenvalue weighted by Gasteiger charge is -2.25. The van der Waals surface area contributed by atoms with Crippen LogP contribution in [0.3, 0.4) is 0 Å². The number of carbonyl (C=O) groups is 1. The van der Waals surface area contributed by atoms with Crippen LogP contribution >= 0.6 is 31.9 Å². The summed E-state index contributed by atoms with van der Waals surface area (Å²) >= 11 is 6.96. The van der Waals surface area contributed by atoms with Crippen molar-refractivity contribution in [1.82, 2.24) is 4.90 Å². The summed E-state index contributed by atoms with van der Waals surface area (Å²) in [5, 5.41) is 0.873. The molecule has 0 aliphatic carbocycles. The molecule has 1 amide bonds. The van der Waals surface area contributed by atoms with Gasteiger partial charge < -0.3 is 4.90 Å². The number of alkyl halides is 1. The summed E-state index contributed by atoms with van der Waals surface area (Å²) in [7, 11) is 0. The van der Waals surface area contributed by atoms with Gasteiger partial charge in [0, 0.05) is 22.4 Å². The Morgan fingerprint density at radius 3 is 2.94 bits per heavy atom. The Morgan fingerprint density at radius 1 is 1.50 bits per heavy atom. The van der Waals surface area contributed by atoms with Crippen LogP contribution in [0.25, 0.3) is 0 Å². The molecule has 4 heteroatoms. The number of nitrogens with zero attached hydrogens (tertiary/aromatic N) is 1. The molecule has 2 unspecified atom stereocenters. The number of amides is 1. The Hall–Kier alpha value is -0.350. The van der Waals surface area contributed by atoms with Gasteiger partial charge in [0.05, 0.1) is 6.42 Å². The van der Waals surface area contributed by atoms with Crippen LogP contribution < -0.4 is 0 Å². The summed E-state index contributed by atoms with van der Waals surface area (Å²) in [4.78, 5) is 14.4. The van der Waals surface area contributed by atoms with E-state index in [-0.39, 0.29) is 5.91 Å². The Kier molecular flexibility index (Phi) is 4.84. The number of halogens is 2. The van der Waals surface area contributed by atoms with Gasteiger partial charge in [0.2, 0.25) is 5.91 Å². The minimum atomic E-state index is 0.238. The van der Waals surface area contributed by atoms with Crippen molar-refractivity contribution < 1.29 is 4.79 Å². The van der Waals surface area contributed by atoms with Crippen molar-refractivity contribution in [3.63, 3.8) is 0 Å². The monoisotopic (exact) mass is 373 g/mol. The van der Waals surface area contributed by atoms with Gasteiger partial charge in [-0.2, -0.15) is 0 Å². The fraction of sp³-hybridized carbons (Fsp3) is 0.500. The molecule has 0 bridgehead atoms. The summed E-state index contributed by atoms with van der Waals surface area (Å²) in [6.07, 6.45) is 1.61. The Morgan fingerprint density at radius 2 is 2.28 bits per heavy atom. The summed E-state index contributed by atoms with van der Waals surface area (Å²) < 4.78 is 1.03. The molecule has 0 spiro atoms. The number of hydrogen-bond acceptors (Lipinski definition) is 1. The highest BCUT2D eigenvalue weighted by Crippen LogP contribution is 2.26. The van der Waals surface area contributed by atoms with E-state index in [1.54, 1.807) is 0 Å². The molecule has 2 atom stereocenters. The molecule has 18 heavy (non-hydrogen) atoms. The van der Waals surface area contributed by atoms with Gasteiger partial charge in [-0.25, -0.2) is 0 Å². The van der Waals surface area contributed by atoms with Gasteiger partial charge in [0.15, 0.2) is 0 Å². The van der Waals surface area contributed by atoms with Crippen molar-refractivity contribution in [3.8, 4) is 0 Å². The van der Waals surface area contributed by atoms with E-state index < -0.39 is 0 Å². The molecular weight excluding hydrogens is 358 g/mol. The van der Waals surface area contributed by atoms with E-state index in [1.165, 1.54) is 0 Å². The minimum Gasteiger partial charge on any atom is -0.338 e. The van der Waals surface area contributed by atoms with Crippen LogP contribution in [0.4, 0.5) is 0 Å². The number of carbonyl (C=O) groups excluding carboxylic acids is 1. The van der Waals surface area contributed by atoms with Gasteiger partial charge in [0.25, 0.3) is 0 Å². The summed E-state index contributed by atoms with van der Waals surface area (Å²) in [6.45, 7) is 3.11. The highest BCUT2D eigenvalue weighted by molar-refractivity contribution is 9.10. The normalized spacial score (nSPS) is 23.4. The topological polar surface area (TPSA) is 20.3 Å². The average Bonchev–Trinajstić information content (AvgIpc) is 2.70. The Balaban J connectivity index is 2.04. The Bertz CT molecular complexity index is 436. The van der Waals surface area contributed by atoms with Crippen molar-refractivity contribution in [1.29, 1.82) is 0 Å². The average molecular weight is 375 g/mol. The van der Waals surface area contributed by atoms with Gasteiger partial charge in [-0.1, -0.05) is 50.9 Å². The number of likely N-dealkylation sites (tertiary alicyclic amines) is 1. The summed E-state index contributed by atoms with van der Waals surface area (Å²) in [6, 6.07) is 8.32. The molecule has 1 aliphatic heterocycles. The molecular formula is C14H17Br2NO. The van der Waals surface area contributed by atoms with Crippen molar-refractivity contribution in [2.75, 3.05) is 11.9 Å². The van der Waals surface area contributed by atoms with E-state index in [1.807, 2.05) is 29.2 Å². The molecule has 1 fully saturated rings. The number of hydrogen-bond donors (Lipinski definition) is 0. The van der Waals surface area contributed by atoms with Crippen molar-refractivity contribution >= 4 is 37.8 Å². The zero-order valence-corrected chi connectivity index (χ0v) is 13.6. The molecule has 0 aromatic heterocycles. The second kappa shape index (κ2) is 6.20. The highest BCUT2D eigenvalue weighted by Gasteiger charge is 2.33.